The molecule has 1 aliphatic heterocycles. The summed E-state index contributed by atoms with van der Waals surface area (Å²) in [5.41, 5.74) is 0.303. The number of ether oxygens (including phenoxy) is 2. The van der Waals surface area contributed by atoms with Crippen molar-refractivity contribution in [3.05, 3.63) is 11.6 Å². The van der Waals surface area contributed by atoms with Crippen molar-refractivity contribution in [3.8, 4) is 0 Å². The standard InChI is InChI=1S/C39H61NO5/c1-25(40-21-11-10-12-22-40)44-33(43)36(6)18-17-35(5)19-20-38(8)27(28(35)24-36)23-29(42)32-37(7)15-14-31(45-26(2)41)34(3,4)30(37)13-16-39(32,38)9/h23,25,28,30-32H,10-22,24H2,1-9H3/t25-,28+,30-,31-,32-,35+,36-,37-,38-,39-/m1/s1. The Morgan fingerprint density at radius 1 is 0.889 bits per heavy atom. The molecule has 0 N–H and O–H groups in total. The predicted octanol–water partition coefficient (Wildman–Crippen LogP) is 8.27. The van der Waals surface area contributed by atoms with Gasteiger partial charge in [0.1, 0.15) is 6.10 Å². The molecular formula is C39H61NO5. The van der Waals surface area contributed by atoms with E-state index in [2.05, 4.69) is 59.4 Å². The third kappa shape index (κ3) is 4.91. The average molecular weight is 624 g/mol. The molecule has 0 amide bonds. The molecule has 0 aromatic heterocycles. The minimum Gasteiger partial charge on any atom is -0.462 e. The molecule has 6 aliphatic rings. The lowest BCUT2D eigenvalue weighted by molar-refractivity contribution is -0.210. The number of nitrogens with zero attached hydrogens (tertiary/aromatic N) is 1. The highest BCUT2D eigenvalue weighted by atomic mass is 16.6. The van der Waals surface area contributed by atoms with Crippen molar-refractivity contribution in [3.63, 3.8) is 0 Å². The maximum Gasteiger partial charge on any atom is 0.313 e. The van der Waals surface area contributed by atoms with Gasteiger partial charge in [0.15, 0.2) is 12.0 Å². The molecule has 4 saturated carbocycles. The molecular weight excluding hydrogens is 562 g/mol. The van der Waals surface area contributed by atoms with E-state index in [9.17, 15) is 14.4 Å². The number of fused-ring (bicyclic) bond motifs is 7. The first kappa shape index (κ1) is 33.2. The molecule has 0 bridgehead atoms. The van der Waals surface area contributed by atoms with Crippen molar-refractivity contribution in [2.24, 2.45) is 50.2 Å². The lowest BCUT2D eigenvalue weighted by Crippen LogP contribution is -2.66. The van der Waals surface area contributed by atoms with Crippen molar-refractivity contribution in [2.45, 2.75) is 152 Å². The Kier molecular flexibility index (Phi) is 8.06. The summed E-state index contributed by atoms with van der Waals surface area (Å²) in [6.45, 7) is 21.9. The van der Waals surface area contributed by atoms with Crippen LogP contribution in [0.2, 0.25) is 0 Å². The summed E-state index contributed by atoms with van der Waals surface area (Å²) in [7, 11) is 0. The van der Waals surface area contributed by atoms with Gasteiger partial charge in [0.25, 0.3) is 0 Å². The Bertz CT molecular complexity index is 1270. The Hall–Kier alpha value is -1.69. The fourth-order valence-electron chi connectivity index (χ4n) is 12.4. The van der Waals surface area contributed by atoms with Crippen LogP contribution >= 0.6 is 0 Å². The number of ketones is 1. The van der Waals surface area contributed by atoms with Crippen LogP contribution in [-0.2, 0) is 23.9 Å². The molecule has 0 spiro atoms. The first-order valence-corrected chi connectivity index (χ1v) is 18.3. The van der Waals surface area contributed by atoms with E-state index in [1.807, 2.05) is 6.92 Å². The molecule has 1 saturated heterocycles. The highest BCUT2D eigenvalue weighted by Gasteiger charge is 2.70. The first-order valence-electron chi connectivity index (χ1n) is 18.3. The quantitative estimate of drug-likeness (QED) is 0.294. The van der Waals surface area contributed by atoms with Crippen LogP contribution in [0, 0.1) is 50.2 Å². The highest BCUT2D eigenvalue weighted by Crippen LogP contribution is 2.75. The largest absolute Gasteiger partial charge is 0.462 e. The van der Waals surface area contributed by atoms with Crippen molar-refractivity contribution < 1.29 is 23.9 Å². The van der Waals surface area contributed by atoms with Gasteiger partial charge in [-0.3, -0.25) is 19.3 Å². The Morgan fingerprint density at radius 3 is 2.22 bits per heavy atom. The van der Waals surface area contributed by atoms with Gasteiger partial charge in [0.2, 0.25) is 0 Å². The molecule has 0 radical (unpaired) electrons. The minimum absolute atomic E-state index is 0.0512. The van der Waals surface area contributed by atoms with Crippen LogP contribution in [0.25, 0.3) is 0 Å². The third-order valence-corrected chi connectivity index (χ3v) is 15.5. The second-order valence-electron chi connectivity index (χ2n) is 18.3. The normalized spacial score (nSPS) is 46.8. The summed E-state index contributed by atoms with van der Waals surface area (Å²) in [6.07, 6.45) is 14.0. The van der Waals surface area contributed by atoms with Crippen LogP contribution in [0.5, 0.6) is 0 Å². The van der Waals surface area contributed by atoms with Gasteiger partial charge in [0.05, 0.1) is 5.41 Å². The SMILES string of the molecule is CC(=O)O[C@@H]1CC[C@]2(C)[C@H](CC[C@]3(C)[C@@H]2C(=O)C=C2[C@@H]4C[C@](C)(C(=O)O[C@H](C)N5CCCCC5)CC[C@@]4(C)CC[C@]23C)C1(C)C. The first-order chi connectivity index (χ1) is 20.9. The molecule has 5 aliphatic carbocycles. The van der Waals surface area contributed by atoms with Crippen LogP contribution < -0.4 is 0 Å². The topological polar surface area (TPSA) is 72.9 Å². The van der Waals surface area contributed by atoms with E-state index < -0.39 is 5.41 Å². The molecule has 6 rings (SSSR count). The highest BCUT2D eigenvalue weighted by molar-refractivity contribution is 5.95. The zero-order valence-corrected chi connectivity index (χ0v) is 29.9. The van der Waals surface area contributed by atoms with Crippen LogP contribution in [0.15, 0.2) is 11.6 Å². The third-order valence-electron chi connectivity index (χ3n) is 15.5. The molecule has 1 heterocycles. The van der Waals surface area contributed by atoms with Crippen LogP contribution in [-0.4, -0.2) is 48.0 Å². The minimum atomic E-state index is -0.545. The number of allylic oxidation sites excluding steroid dienone is 2. The van der Waals surface area contributed by atoms with Gasteiger partial charge in [-0.1, -0.05) is 53.5 Å². The number of hydrogen-bond acceptors (Lipinski definition) is 6. The van der Waals surface area contributed by atoms with E-state index in [-0.39, 0.29) is 63.2 Å². The Balaban J connectivity index is 1.31. The molecule has 0 aromatic rings. The van der Waals surface area contributed by atoms with E-state index in [0.717, 1.165) is 70.9 Å². The summed E-state index contributed by atoms with van der Waals surface area (Å²) in [5.74, 6) is 0.507. The lowest BCUT2D eigenvalue weighted by atomic mass is 9.33. The van der Waals surface area contributed by atoms with Crippen LogP contribution in [0.4, 0.5) is 0 Å². The van der Waals surface area contributed by atoms with E-state index in [1.54, 1.807) is 0 Å². The summed E-state index contributed by atoms with van der Waals surface area (Å²) in [6, 6.07) is 0. The fourth-order valence-corrected chi connectivity index (χ4v) is 12.4. The predicted molar refractivity (Wildman–Crippen MR) is 176 cm³/mol. The van der Waals surface area contributed by atoms with E-state index in [1.165, 1.54) is 31.8 Å². The monoisotopic (exact) mass is 623 g/mol. The second-order valence-corrected chi connectivity index (χ2v) is 18.3. The zero-order valence-electron chi connectivity index (χ0n) is 29.9. The van der Waals surface area contributed by atoms with Gasteiger partial charge in [-0.05, 0) is 124 Å². The summed E-state index contributed by atoms with van der Waals surface area (Å²) >= 11 is 0. The molecule has 6 nitrogen and oxygen atoms in total. The number of hydrogen-bond donors (Lipinski definition) is 0. The summed E-state index contributed by atoms with van der Waals surface area (Å²) in [4.78, 5) is 43.0. The maximum atomic E-state index is 14.7. The molecule has 252 valence electrons. The van der Waals surface area contributed by atoms with E-state index in [0.29, 0.717) is 11.7 Å². The van der Waals surface area contributed by atoms with Gasteiger partial charge < -0.3 is 9.47 Å². The smallest absolute Gasteiger partial charge is 0.313 e. The fraction of sp³-hybridized carbons (Fsp3) is 0.872. The van der Waals surface area contributed by atoms with Crippen LogP contribution in [0.1, 0.15) is 139 Å². The number of likely N-dealkylation sites (tertiary alicyclic amines) is 1. The number of rotatable bonds is 4. The summed E-state index contributed by atoms with van der Waals surface area (Å²) in [5, 5.41) is 0. The van der Waals surface area contributed by atoms with Gasteiger partial charge in [0, 0.05) is 31.3 Å². The Labute approximate surface area is 272 Å². The van der Waals surface area contributed by atoms with Crippen molar-refractivity contribution in [2.75, 3.05) is 13.1 Å². The number of carbonyl (C=O) groups is 3. The van der Waals surface area contributed by atoms with Gasteiger partial charge in [-0.2, -0.15) is 0 Å². The average Bonchev–Trinajstić information content (AvgIpc) is 2.97. The van der Waals surface area contributed by atoms with Gasteiger partial charge >= 0.3 is 11.9 Å². The summed E-state index contributed by atoms with van der Waals surface area (Å²) < 4.78 is 12.1. The van der Waals surface area contributed by atoms with Crippen molar-refractivity contribution in [1.82, 2.24) is 4.90 Å². The second kappa shape index (κ2) is 10.9. The van der Waals surface area contributed by atoms with E-state index in [4.69, 9.17) is 9.47 Å². The molecule has 45 heavy (non-hydrogen) atoms. The zero-order chi connectivity index (χ0) is 32.8. The molecule has 6 heteroatoms. The number of piperidine rings is 1. The molecule has 5 fully saturated rings. The number of carbonyl (C=O) groups excluding carboxylic acids is 3. The van der Waals surface area contributed by atoms with Crippen molar-refractivity contribution in [1.29, 1.82) is 0 Å². The van der Waals surface area contributed by atoms with Crippen LogP contribution in [0.3, 0.4) is 0 Å². The van der Waals surface area contributed by atoms with Crippen molar-refractivity contribution >= 4 is 17.7 Å². The maximum absolute atomic E-state index is 14.7. The Morgan fingerprint density at radius 2 is 1.56 bits per heavy atom. The van der Waals surface area contributed by atoms with Gasteiger partial charge in [-0.25, -0.2) is 0 Å². The molecule has 0 unspecified atom stereocenters. The molecule has 0 aromatic carbocycles. The van der Waals surface area contributed by atoms with Gasteiger partial charge in [-0.15, -0.1) is 0 Å². The number of esters is 2. The lowest BCUT2D eigenvalue weighted by Gasteiger charge is -2.70. The van der Waals surface area contributed by atoms with E-state index >= 15 is 0 Å². The molecule has 10 atom stereocenters.